The number of nitrogens with zero attached hydrogens (tertiary/aromatic N) is 1. The van der Waals surface area contributed by atoms with Gasteiger partial charge in [-0.3, -0.25) is 23.6 Å². The Kier molecular flexibility index (Phi) is 6.72. The number of amides is 1. The van der Waals surface area contributed by atoms with Crippen molar-refractivity contribution in [1.29, 1.82) is 0 Å². The number of carbonyl (C=O) groups excluding carboxylic acids is 1. The predicted octanol–water partition coefficient (Wildman–Crippen LogP) is 4.22. The molecule has 1 aliphatic heterocycles. The Morgan fingerprint density at radius 3 is 2.61 bits per heavy atom. The van der Waals surface area contributed by atoms with Crippen molar-refractivity contribution in [2.45, 2.75) is 37.5 Å². The summed E-state index contributed by atoms with van der Waals surface area (Å²) in [6.45, 7) is 3.15. The summed E-state index contributed by atoms with van der Waals surface area (Å²) in [4.78, 5) is 17.1. The third-order valence-corrected chi connectivity index (χ3v) is 6.06. The van der Waals surface area contributed by atoms with E-state index in [4.69, 9.17) is 0 Å². The summed E-state index contributed by atoms with van der Waals surface area (Å²) in [5.74, 6) is 0.401. The fraction of sp³-hybridized carbons (Fsp3) is 0.333. The Labute approximate surface area is 167 Å². The van der Waals surface area contributed by atoms with E-state index in [1.807, 2.05) is 36.4 Å². The molecule has 0 bridgehead atoms. The SMILES string of the molecule is CCCCc1ccc(C(=O)NCCCN=C2NS(O)(O)c3ccccc32)cc1. The van der Waals surface area contributed by atoms with E-state index in [0.29, 0.717) is 35.8 Å². The van der Waals surface area contributed by atoms with Crippen molar-refractivity contribution in [2.75, 3.05) is 13.1 Å². The molecule has 3 rings (SSSR count). The average molecular weight is 402 g/mol. The average Bonchev–Trinajstić information content (AvgIpc) is 2.97. The Bertz CT molecular complexity index is 850. The molecule has 0 saturated heterocycles. The van der Waals surface area contributed by atoms with Crippen molar-refractivity contribution in [3.8, 4) is 0 Å². The number of unbranched alkanes of at least 4 members (excludes halogenated alkanes) is 1. The maximum atomic E-state index is 12.2. The summed E-state index contributed by atoms with van der Waals surface area (Å²) >= 11 is 0. The van der Waals surface area contributed by atoms with Gasteiger partial charge in [0.2, 0.25) is 0 Å². The van der Waals surface area contributed by atoms with Crippen molar-refractivity contribution >= 4 is 22.5 Å². The lowest BCUT2D eigenvalue weighted by Crippen LogP contribution is -2.25. The van der Waals surface area contributed by atoms with Crippen LogP contribution in [0.5, 0.6) is 0 Å². The zero-order valence-corrected chi connectivity index (χ0v) is 16.8. The highest BCUT2D eigenvalue weighted by Gasteiger charge is 2.30. The zero-order valence-electron chi connectivity index (χ0n) is 16.0. The number of nitrogens with one attached hydrogen (secondary N) is 2. The maximum absolute atomic E-state index is 12.2. The summed E-state index contributed by atoms with van der Waals surface area (Å²) < 4.78 is 22.8. The Morgan fingerprint density at radius 1 is 1.11 bits per heavy atom. The first-order chi connectivity index (χ1) is 13.5. The van der Waals surface area contributed by atoms with Crippen LogP contribution in [0.4, 0.5) is 0 Å². The molecule has 0 aliphatic carbocycles. The molecule has 6 nitrogen and oxygen atoms in total. The molecule has 0 radical (unpaired) electrons. The molecule has 2 aromatic carbocycles. The molecule has 7 heteroatoms. The van der Waals surface area contributed by atoms with Crippen molar-refractivity contribution in [1.82, 2.24) is 10.0 Å². The van der Waals surface area contributed by atoms with Gasteiger partial charge in [-0.2, -0.15) is 0 Å². The lowest BCUT2D eigenvalue weighted by atomic mass is 10.1. The molecule has 1 amide bonds. The fourth-order valence-corrected chi connectivity index (χ4v) is 4.34. The summed E-state index contributed by atoms with van der Waals surface area (Å²) in [6.07, 6.45) is 4.02. The highest BCUT2D eigenvalue weighted by atomic mass is 32.3. The minimum Gasteiger partial charge on any atom is -0.352 e. The van der Waals surface area contributed by atoms with Crippen molar-refractivity contribution in [3.63, 3.8) is 0 Å². The highest BCUT2D eigenvalue weighted by molar-refractivity contribution is 8.23. The molecule has 0 unspecified atom stereocenters. The van der Waals surface area contributed by atoms with E-state index in [1.54, 1.807) is 12.1 Å². The summed E-state index contributed by atoms with van der Waals surface area (Å²) in [5.41, 5.74) is 2.63. The van der Waals surface area contributed by atoms with Crippen LogP contribution in [-0.4, -0.2) is 33.9 Å². The van der Waals surface area contributed by atoms with Gasteiger partial charge in [-0.1, -0.05) is 48.4 Å². The summed E-state index contributed by atoms with van der Waals surface area (Å²) in [5, 5.41) is 2.90. The van der Waals surface area contributed by atoms with Crippen LogP contribution in [-0.2, 0) is 6.42 Å². The van der Waals surface area contributed by atoms with Gasteiger partial charge >= 0.3 is 0 Å². The van der Waals surface area contributed by atoms with E-state index >= 15 is 0 Å². The molecule has 0 fully saturated rings. The molecule has 1 aliphatic rings. The first-order valence-corrected chi connectivity index (χ1v) is 11.1. The number of benzene rings is 2. The van der Waals surface area contributed by atoms with Gasteiger partial charge in [0.25, 0.3) is 5.91 Å². The number of hydrogen-bond donors (Lipinski definition) is 4. The number of rotatable bonds is 8. The van der Waals surface area contributed by atoms with Crippen LogP contribution >= 0.6 is 10.8 Å². The van der Waals surface area contributed by atoms with Crippen LogP contribution in [0.1, 0.15) is 47.7 Å². The van der Waals surface area contributed by atoms with E-state index in [2.05, 4.69) is 22.0 Å². The standard InChI is InChI=1S/C21H27N3O3S/c1-2-3-7-16-10-12-17(13-11-16)21(25)23-15-6-14-22-20-18-8-4-5-9-19(18)28(26,27)24-20/h4-5,8-13,26-27H,2-3,6-7,14-15H2,1H3,(H,22,24)(H,23,25). The van der Waals surface area contributed by atoms with E-state index in [0.717, 1.165) is 24.8 Å². The second-order valence-corrected chi connectivity index (χ2v) is 8.53. The van der Waals surface area contributed by atoms with Crippen LogP contribution in [0.15, 0.2) is 58.4 Å². The molecule has 1 heterocycles. The minimum absolute atomic E-state index is 0.0896. The second-order valence-electron chi connectivity index (χ2n) is 6.79. The van der Waals surface area contributed by atoms with Crippen LogP contribution in [0.3, 0.4) is 0 Å². The molecular formula is C21H27N3O3S. The lowest BCUT2D eigenvalue weighted by molar-refractivity contribution is 0.0953. The molecule has 0 atom stereocenters. The topological polar surface area (TPSA) is 94.0 Å². The van der Waals surface area contributed by atoms with Crippen LogP contribution in [0, 0.1) is 0 Å². The highest BCUT2D eigenvalue weighted by Crippen LogP contribution is 2.50. The third-order valence-electron chi connectivity index (χ3n) is 4.61. The van der Waals surface area contributed by atoms with Gasteiger partial charge in [-0.05, 0) is 49.1 Å². The second kappa shape index (κ2) is 9.23. The number of carbonyl (C=O) groups is 1. The van der Waals surface area contributed by atoms with Crippen molar-refractivity contribution < 1.29 is 13.9 Å². The van der Waals surface area contributed by atoms with Crippen molar-refractivity contribution in [3.05, 3.63) is 65.2 Å². The van der Waals surface area contributed by atoms with Gasteiger partial charge < -0.3 is 5.32 Å². The van der Waals surface area contributed by atoms with Crippen molar-refractivity contribution in [2.24, 2.45) is 4.99 Å². The van der Waals surface area contributed by atoms with Gasteiger partial charge in [0.1, 0.15) is 5.84 Å². The molecule has 4 N–H and O–H groups in total. The molecular weight excluding hydrogens is 374 g/mol. The van der Waals surface area contributed by atoms with E-state index in [9.17, 15) is 13.9 Å². The van der Waals surface area contributed by atoms with E-state index < -0.39 is 10.8 Å². The molecule has 150 valence electrons. The monoisotopic (exact) mass is 401 g/mol. The van der Waals surface area contributed by atoms with Gasteiger partial charge in [0.15, 0.2) is 0 Å². The maximum Gasteiger partial charge on any atom is 0.251 e. The number of aliphatic imine (C=N–C) groups is 1. The molecule has 0 saturated carbocycles. The summed E-state index contributed by atoms with van der Waals surface area (Å²) in [6, 6.07) is 14.9. The Morgan fingerprint density at radius 2 is 1.86 bits per heavy atom. The first kappa shape index (κ1) is 20.4. The first-order valence-electron chi connectivity index (χ1n) is 9.58. The Hall–Kier alpha value is -2.35. The predicted molar refractivity (Wildman–Crippen MR) is 114 cm³/mol. The number of aryl methyl sites for hydroxylation is 1. The van der Waals surface area contributed by atoms with Gasteiger partial charge in [0, 0.05) is 24.2 Å². The van der Waals surface area contributed by atoms with Crippen LogP contribution < -0.4 is 10.0 Å². The molecule has 0 spiro atoms. The smallest absolute Gasteiger partial charge is 0.251 e. The van der Waals surface area contributed by atoms with E-state index in [-0.39, 0.29) is 5.91 Å². The fourth-order valence-electron chi connectivity index (χ4n) is 3.05. The number of fused-ring (bicyclic) bond motifs is 1. The summed E-state index contributed by atoms with van der Waals surface area (Å²) in [7, 11) is -3.01. The van der Waals surface area contributed by atoms with Gasteiger partial charge in [-0.15, -0.1) is 0 Å². The molecule has 2 aromatic rings. The zero-order chi connectivity index (χ0) is 20.0. The third kappa shape index (κ3) is 4.92. The van der Waals surface area contributed by atoms with Crippen LogP contribution in [0.2, 0.25) is 0 Å². The molecule has 28 heavy (non-hydrogen) atoms. The molecule has 0 aromatic heterocycles. The quantitative estimate of drug-likeness (QED) is 0.498. The number of hydrogen-bond acceptors (Lipinski definition) is 4. The largest absolute Gasteiger partial charge is 0.352 e. The minimum atomic E-state index is -3.01. The Balaban J connectivity index is 1.46. The normalized spacial score (nSPS) is 17.0. The van der Waals surface area contributed by atoms with Gasteiger partial charge in [0.05, 0.1) is 4.90 Å². The lowest BCUT2D eigenvalue weighted by Gasteiger charge is -2.26. The van der Waals surface area contributed by atoms with Crippen LogP contribution in [0.25, 0.3) is 0 Å². The van der Waals surface area contributed by atoms with Gasteiger partial charge in [-0.25, -0.2) is 0 Å². The number of amidine groups is 1. The van der Waals surface area contributed by atoms with E-state index in [1.165, 1.54) is 5.56 Å².